The van der Waals surface area contributed by atoms with Gasteiger partial charge in [-0.3, -0.25) is 14.7 Å². The van der Waals surface area contributed by atoms with Crippen LogP contribution in [0.15, 0.2) is 24.8 Å². The van der Waals surface area contributed by atoms with Crippen molar-refractivity contribution in [3.63, 3.8) is 0 Å². The van der Waals surface area contributed by atoms with Gasteiger partial charge in [-0.05, 0) is 37.7 Å². The largest absolute Gasteiger partial charge is 0.391 e. The van der Waals surface area contributed by atoms with E-state index in [1.165, 1.54) is 0 Å². The van der Waals surface area contributed by atoms with Crippen molar-refractivity contribution >= 4 is 11.8 Å². The molecule has 0 unspecified atom stereocenters. The number of aryl methyl sites for hydroxylation is 2. The molecule has 3 rings (SSSR count). The van der Waals surface area contributed by atoms with Gasteiger partial charge in [0.25, 0.3) is 0 Å². The number of carbonyl (C=O) groups excluding carboxylic acids is 2. The minimum Gasteiger partial charge on any atom is -0.391 e. The van der Waals surface area contributed by atoms with Crippen LogP contribution in [-0.4, -0.2) is 55.8 Å². The standard InChI is InChI=1S/C19H28N6O3/c26-16-5-4-14(19(28)22-7-1-2-17-20-8-9-21-17)10-15(16)25-18(27)6-3-13-11-23-24-12-13/h8-9,11-12,14-16,26H,1-7,10H2,(H,20,21)(H,22,28)(H,23,24)(H,25,27)/t14-,15+,16+/m0/s1. The lowest BCUT2D eigenvalue weighted by atomic mass is 9.83. The zero-order valence-corrected chi connectivity index (χ0v) is 15.9. The molecule has 1 aliphatic rings. The second kappa shape index (κ2) is 10.0. The molecule has 0 aliphatic heterocycles. The molecule has 9 nitrogen and oxygen atoms in total. The Kier molecular flexibility index (Phi) is 7.18. The second-order valence-electron chi connectivity index (χ2n) is 7.29. The fourth-order valence-electron chi connectivity index (χ4n) is 3.55. The predicted molar refractivity (Wildman–Crippen MR) is 102 cm³/mol. The van der Waals surface area contributed by atoms with Crippen LogP contribution in [0.2, 0.25) is 0 Å². The molecule has 0 spiro atoms. The van der Waals surface area contributed by atoms with Crippen LogP contribution < -0.4 is 10.6 Å². The first-order chi connectivity index (χ1) is 13.6. The van der Waals surface area contributed by atoms with Crippen LogP contribution in [0.4, 0.5) is 0 Å². The molecule has 2 aromatic heterocycles. The normalized spacial score (nSPS) is 22.0. The lowest BCUT2D eigenvalue weighted by molar-refractivity contribution is -0.129. The van der Waals surface area contributed by atoms with Gasteiger partial charge in [0.15, 0.2) is 0 Å². The van der Waals surface area contributed by atoms with Crippen molar-refractivity contribution in [2.45, 2.75) is 57.1 Å². The summed E-state index contributed by atoms with van der Waals surface area (Å²) < 4.78 is 0. The maximum Gasteiger partial charge on any atom is 0.223 e. The van der Waals surface area contributed by atoms with Crippen molar-refractivity contribution < 1.29 is 14.7 Å². The molecule has 0 radical (unpaired) electrons. The zero-order chi connectivity index (χ0) is 19.8. The molecule has 0 saturated heterocycles. The summed E-state index contributed by atoms with van der Waals surface area (Å²) in [4.78, 5) is 31.8. The van der Waals surface area contributed by atoms with E-state index in [0.717, 1.165) is 24.2 Å². The van der Waals surface area contributed by atoms with Crippen LogP contribution in [0.5, 0.6) is 0 Å². The number of aliphatic hydroxyl groups is 1. The lowest BCUT2D eigenvalue weighted by Gasteiger charge is -2.33. The van der Waals surface area contributed by atoms with Gasteiger partial charge in [-0.2, -0.15) is 5.10 Å². The first-order valence-corrected chi connectivity index (χ1v) is 9.83. The molecule has 1 saturated carbocycles. The van der Waals surface area contributed by atoms with E-state index in [2.05, 4.69) is 30.8 Å². The number of amides is 2. The smallest absolute Gasteiger partial charge is 0.223 e. The van der Waals surface area contributed by atoms with Crippen LogP contribution >= 0.6 is 0 Å². The molecule has 5 N–H and O–H groups in total. The molecule has 2 aromatic rings. The number of H-pyrrole nitrogens is 2. The number of aliphatic hydroxyl groups excluding tert-OH is 1. The van der Waals surface area contributed by atoms with Crippen LogP contribution in [0, 0.1) is 5.92 Å². The highest BCUT2D eigenvalue weighted by Gasteiger charge is 2.33. The van der Waals surface area contributed by atoms with Gasteiger partial charge in [-0.15, -0.1) is 0 Å². The molecule has 2 heterocycles. The Balaban J connectivity index is 1.38. The third kappa shape index (κ3) is 5.91. The summed E-state index contributed by atoms with van der Waals surface area (Å²) in [6.45, 7) is 0.584. The van der Waals surface area contributed by atoms with Gasteiger partial charge in [0, 0.05) is 43.9 Å². The van der Waals surface area contributed by atoms with E-state index in [9.17, 15) is 14.7 Å². The first kappa shape index (κ1) is 20.1. The highest BCUT2D eigenvalue weighted by atomic mass is 16.3. The van der Waals surface area contributed by atoms with Crippen molar-refractivity contribution in [3.05, 3.63) is 36.2 Å². The summed E-state index contributed by atoms with van der Waals surface area (Å²) in [5.74, 6) is 0.591. The monoisotopic (exact) mass is 388 g/mol. The lowest BCUT2D eigenvalue weighted by Crippen LogP contribution is -2.49. The second-order valence-corrected chi connectivity index (χ2v) is 7.29. The van der Waals surface area contributed by atoms with Crippen molar-refractivity contribution in [1.29, 1.82) is 0 Å². The Morgan fingerprint density at radius 1 is 1.29 bits per heavy atom. The Morgan fingerprint density at radius 3 is 2.93 bits per heavy atom. The van der Waals surface area contributed by atoms with E-state index >= 15 is 0 Å². The Bertz CT molecular complexity index is 731. The van der Waals surface area contributed by atoms with E-state index in [1.54, 1.807) is 24.8 Å². The summed E-state index contributed by atoms with van der Waals surface area (Å²) in [5.41, 5.74) is 0.964. The van der Waals surface area contributed by atoms with Gasteiger partial charge in [0.05, 0.1) is 18.3 Å². The number of hydrogen-bond acceptors (Lipinski definition) is 5. The molecule has 152 valence electrons. The number of imidazole rings is 1. The molecule has 1 aliphatic carbocycles. The number of rotatable bonds is 9. The summed E-state index contributed by atoms with van der Waals surface area (Å²) in [6.07, 6.45) is 10.4. The van der Waals surface area contributed by atoms with Gasteiger partial charge in [-0.1, -0.05) is 0 Å². The minimum absolute atomic E-state index is 0.0102. The quantitative estimate of drug-likeness (QED) is 0.398. The van der Waals surface area contributed by atoms with Gasteiger partial charge >= 0.3 is 0 Å². The molecule has 2 amide bonds. The van der Waals surface area contributed by atoms with Gasteiger partial charge < -0.3 is 20.7 Å². The Hall–Kier alpha value is -2.68. The molecule has 3 atom stereocenters. The number of aromatic amines is 2. The van der Waals surface area contributed by atoms with Crippen molar-refractivity contribution in [2.24, 2.45) is 5.92 Å². The molecule has 1 fully saturated rings. The minimum atomic E-state index is -0.610. The first-order valence-electron chi connectivity index (χ1n) is 9.83. The number of carbonyl (C=O) groups is 2. The highest BCUT2D eigenvalue weighted by Crippen LogP contribution is 2.25. The third-order valence-electron chi connectivity index (χ3n) is 5.17. The summed E-state index contributed by atoms with van der Waals surface area (Å²) >= 11 is 0. The molecule has 0 aromatic carbocycles. The van der Waals surface area contributed by atoms with Crippen LogP contribution in [0.25, 0.3) is 0 Å². The van der Waals surface area contributed by atoms with Crippen LogP contribution in [-0.2, 0) is 22.4 Å². The highest BCUT2D eigenvalue weighted by molar-refractivity contribution is 5.79. The molecule has 0 bridgehead atoms. The number of hydrogen-bond donors (Lipinski definition) is 5. The average molecular weight is 388 g/mol. The zero-order valence-electron chi connectivity index (χ0n) is 15.9. The Morgan fingerprint density at radius 2 is 2.18 bits per heavy atom. The SMILES string of the molecule is O=C(CCc1cn[nH]c1)N[C@@H]1C[C@@H](C(=O)NCCCc2ncc[nH]2)CC[C@H]1O. The fourth-order valence-corrected chi connectivity index (χ4v) is 3.55. The van der Waals surface area contributed by atoms with E-state index in [1.807, 2.05) is 0 Å². The van der Waals surface area contributed by atoms with Crippen molar-refractivity contribution in [2.75, 3.05) is 6.54 Å². The summed E-state index contributed by atoms with van der Waals surface area (Å²) in [5, 5.41) is 22.6. The molecule has 9 heteroatoms. The van der Waals surface area contributed by atoms with E-state index in [0.29, 0.717) is 38.6 Å². The molecule has 28 heavy (non-hydrogen) atoms. The third-order valence-corrected chi connectivity index (χ3v) is 5.17. The summed E-state index contributed by atoms with van der Waals surface area (Å²) in [6, 6.07) is -0.385. The van der Waals surface area contributed by atoms with Gasteiger partial charge in [0.1, 0.15) is 5.82 Å². The van der Waals surface area contributed by atoms with E-state index in [-0.39, 0.29) is 23.8 Å². The Labute approximate surface area is 163 Å². The van der Waals surface area contributed by atoms with Crippen LogP contribution in [0.3, 0.4) is 0 Å². The topological polar surface area (TPSA) is 136 Å². The number of aromatic nitrogens is 4. The number of nitrogens with zero attached hydrogens (tertiary/aromatic N) is 2. The van der Waals surface area contributed by atoms with Crippen molar-refractivity contribution in [1.82, 2.24) is 30.8 Å². The van der Waals surface area contributed by atoms with Crippen molar-refractivity contribution in [3.8, 4) is 0 Å². The van der Waals surface area contributed by atoms with Gasteiger partial charge in [-0.25, -0.2) is 4.98 Å². The van der Waals surface area contributed by atoms with E-state index in [4.69, 9.17) is 0 Å². The van der Waals surface area contributed by atoms with Gasteiger partial charge in [0.2, 0.25) is 11.8 Å². The fraction of sp³-hybridized carbons (Fsp3) is 0.579. The predicted octanol–water partition coefficient (Wildman–Crippen LogP) is 0.460. The average Bonchev–Trinajstić information content (AvgIpc) is 3.39. The van der Waals surface area contributed by atoms with E-state index < -0.39 is 6.10 Å². The maximum absolute atomic E-state index is 12.4. The summed E-state index contributed by atoms with van der Waals surface area (Å²) in [7, 11) is 0. The van der Waals surface area contributed by atoms with Crippen LogP contribution in [0.1, 0.15) is 43.5 Å². The molecular formula is C19H28N6O3. The number of nitrogens with one attached hydrogen (secondary N) is 4. The maximum atomic E-state index is 12.4. The molecular weight excluding hydrogens is 360 g/mol.